The number of carboxylic acid groups (broad SMARTS) is 2. The first kappa shape index (κ1) is 19.6. The molecule has 2 N–H and O–H groups in total. The van der Waals surface area contributed by atoms with Crippen molar-refractivity contribution in [3.8, 4) is 11.5 Å². The van der Waals surface area contributed by atoms with Crippen molar-refractivity contribution in [1.29, 1.82) is 0 Å². The molecule has 140 valence electrons. The van der Waals surface area contributed by atoms with Gasteiger partial charge in [0, 0.05) is 17.1 Å². The van der Waals surface area contributed by atoms with Crippen LogP contribution in [-0.2, 0) is 9.59 Å². The summed E-state index contributed by atoms with van der Waals surface area (Å²) in [7, 11) is 2.96. The van der Waals surface area contributed by atoms with Crippen LogP contribution < -0.4 is 9.47 Å². The molecule has 0 bridgehead atoms. The van der Waals surface area contributed by atoms with Crippen LogP contribution in [0.3, 0.4) is 0 Å². The van der Waals surface area contributed by atoms with E-state index in [-0.39, 0.29) is 16.7 Å². The summed E-state index contributed by atoms with van der Waals surface area (Å²) >= 11 is 0. The van der Waals surface area contributed by atoms with Crippen molar-refractivity contribution < 1.29 is 29.3 Å². The van der Waals surface area contributed by atoms with E-state index in [1.807, 2.05) is 27.7 Å². The zero-order chi connectivity index (χ0) is 19.9. The molecule has 0 heterocycles. The van der Waals surface area contributed by atoms with E-state index in [0.717, 1.165) is 0 Å². The zero-order valence-corrected chi connectivity index (χ0v) is 15.8. The van der Waals surface area contributed by atoms with Gasteiger partial charge in [0.15, 0.2) is 0 Å². The average Bonchev–Trinajstić information content (AvgIpc) is 2.55. The number of benzene rings is 1. The van der Waals surface area contributed by atoms with Crippen molar-refractivity contribution in [3.05, 3.63) is 41.0 Å². The van der Waals surface area contributed by atoms with Crippen LogP contribution in [0.15, 0.2) is 35.4 Å². The molecule has 0 amide bonds. The number of aliphatic carboxylic acids is 2. The van der Waals surface area contributed by atoms with E-state index < -0.39 is 22.8 Å². The molecule has 0 fully saturated rings. The number of allylic oxidation sites excluding steroid dienone is 1. The highest BCUT2D eigenvalue weighted by atomic mass is 16.5. The molecule has 0 aliphatic heterocycles. The van der Waals surface area contributed by atoms with Crippen LogP contribution in [0.2, 0.25) is 0 Å². The fourth-order valence-corrected chi connectivity index (χ4v) is 3.18. The Morgan fingerprint density at radius 3 is 1.77 bits per heavy atom. The normalized spacial score (nSPS) is 18.2. The van der Waals surface area contributed by atoms with E-state index >= 15 is 0 Å². The number of methoxy groups -OCH3 is 2. The summed E-state index contributed by atoms with van der Waals surface area (Å²) in [5.41, 5.74) is -0.855. The van der Waals surface area contributed by atoms with Gasteiger partial charge in [0.25, 0.3) is 0 Å². The largest absolute Gasteiger partial charge is 0.497 e. The minimum Gasteiger partial charge on any atom is -0.497 e. The highest BCUT2D eigenvalue weighted by Crippen LogP contribution is 2.54. The molecule has 0 radical (unpaired) electrons. The van der Waals surface area contributed by atoms with Gasteiger partial charge in [-0.1, -0.05) is 33.8 Å². The highest BCUT2D eigenvalue weighted by Gasteiger charge is 2.48. The standard InChI is InChI=1S/C20H24O6/c1-19(2)10-14(17(21)22)15(16(18(23)24)20(19,3)4)11-7-12(25-5)9-13(8-11)26-6/h7-10H,1-6H3,(H,21,22)(H,23,24). The second-order valence-electron chi connectivity index (χ2n) is 7.37. The van der Waals surface area contributed by atoms with Crippen LogP contribution in [-0.4, -0.2) is 36.4 Å². The van der Waals surface area contributed by atoms with E-state index in [1.165, 1.54) is 14.2 Å². The summed E-state index contributed by atoms with van der Waals surface area (Å²) in [4.78, 5) is 24.1. The zero-order valence-electron chi connectivity index (χ0n) is 15.8. The van der Waals surface area contributed by atoms with Gasteiger partial charge in [-0.2, -0.15) is 0 Å². The quantitative estimate of drug-likeness (QED) is 0.833. The predicted octanol–water partition coefficient (Wildman–Crippen LogP) is 3.62. The SMILES string of the molecule is COc1cc(OC)cc(C2=C(C(=O)O)C(C)(C)C(C)(C)C=C2C(=O)O)c1. The van der Waals surface area contributed by atoms with Crippen LogP contribution in [0, 0.1) is 10.8 Å². The molecule has 1 aromatic carbocycles. The third-order valence-corrected chi connectivity index (χ3v) is 5.34. The molecular formula is C20H24O6. The molecule has 0 unspecified atom stereocenters. The monoisotopic (exact) mass is 360 g/mol. The number of rotatable bonds is 5. The molecule has 6 heteroatoms. The number of carbonyl (C=O) groups is 2. The third kappa shape index (κ3) is 3.07. The summed E-state index contributed by atoms with van der Waals surface area (Å²) in [6, 6.07) is 4.88. The number of ether oxygens (including phenoxy) is 2. The first-order chi connectivity index (χ1) is 12.0. The molecule has 6 nitrogen and oxygen atoms in total. The molecule has 0 aromatic heterocycles. The average molecular weight is 360 g/mol. The van der Waals surface area contributed by atoms with Crippen LogP contribution in [0.4, 0.5) is 0 Å². The maximum Gasteiger partial charge on any atom is 0.336 e. The van der Waals surface area contributed by atoms with Gasteiger partial charge >= 0.3 is 11.9 Å². The summed E-state index contributed by atoms with van der Waals surface area (Å²) in [6.45, 7) is 7.29. The molecular weight excluding hydrogens is 336 g/mol. The summed E-state index contributed by atoms with van der Waals surface area (Å²) in [5, 5.41) is 19.7. The van der Waals surface area contributed by atoms with E-state index in [1.54, 1.807) is 24.3 Å². The minimum absolute atomic E-state index is 0.0398. The summed E-state index contributed by atoms with van der Waals surface area (Å²) in [6.07, 6.45) is 1.63. The van der Waals surface area contributed by atoms with Gasteiger partial charge in [-0.15, -0.1) is 0 Å². The van der Waals surface area contributed by atoms with Crippen LogP contribution in [0.1, 0.15) is 33.3 Å². The fourth-order valence-electron chi connectivity index (χ4n) is 3.18. The Morgan fingerprint density at radius 2 is 1.38 bits per heavy atom. The predicted molar refractivity (Wildman–Crippen MR) is 97.4 cm³/mol. The van der Waals surface area contributed by atoms with Crippen LogP contribution >= 0.6 is 0 Å². The molecule has 0 saturated heterocycles. The minimum atomic E-state index is -1.18. The maximum atomic E-state index is 12.2. The van der Waals surface area contributed by atoms with Crippen molar-refractivity contribution >= 4 is 17.5 Å². The fraction of sp³-hybridized carbons (Fsp3) is 0.400. The van der Waals surface area contributed by atoms with Crippen molar-refractivity contribution in [2.24, 2.45) is 10.8 Å². The highest BCUT2D eigenvalue weighted by molar-refractivity contribution is 6.13. The Labute approximate surface area is 152 Å². The van der Waals surface area contributed by atoms with E-state index in [2.05, 4.69) is 0 Å². The molecule has 26 heavy (non-hydrogen) atoms. The number of hydrogen-bond acceptors (Lipinski definition) is 4. The Kier molecular flexibility index (Phi) is 4.90. The van der Waals surface area contributed by atoms with Crippen LogP contribution in [0.25, 0.3) is 5.57 Å². The Hall–Kier alpha value is -2.76. The molecule has 2 rings (SSSR count). The molecule has 0 saturated carbocycles. The van der Waals surface area contributed by atoms with Crippen molar-refractivity contribution in [2.45, 2.75) is 27.7 Å². The first-order valence-corrected chi connectivity index (χ1v) is 8.14. The maximum absolute atomic E-state index is 12.2. The third-order valence-electron chi connectivity index (χ3n) is 5.34. The van der Waals surface area contributed by atoms with E-state index in [9.17, 15) is 19.8 Å². The second-order valence-corrected chi connectivity index (χ2v) is 7.37. The molecule has 1 aromatic rings. The first-order valence-electron chi connectivity index (χ1n) is 8.14. The lowest BCUT2D eigenvalue weighted by Gasteiger charge is -2.44. The lowest BCUT2D eigenvalue weighted by molar-refractivity contribution is -0.134. The Bertz CT molecular complexity index is 804. The second kappa shape index (κ2) is 6.52. The Morgan fingerprint density at radius 1 is 0.885 bits per heavy atom. The van der Waals surface area contributed by atoms with Gasteiger partial charge in [0.2, 0.25) is 0 Å². The van der Waals surface area contributed by atoms with Gasteiger partial charge in [0.1, 0.15) is 11.5 Å². The molecule has 1 aliphatic rings. The van der Waals surface area contributed by atoms with Gasteiger partial charge < -0.3 is 19.7 Å². The topological polar surface area (TPSA) is 93.1 Å². The summed E-state index contributed by atoms with van der Waals surface area (Å²) in [5.74, 6) is -1.43. The number of hydrogen-bond donors (Lipinski definition) is 2. The van der Waals surface area contributed by atoms with Crippen molar-refractivity contribution in [2.75, 3.05) is 14.2 Å². The number of carboxylic acids is 2. The van der Waals surface area contributed by atoms with E-state index in [0.29, 0.717) is 17.1 Å². The summed E-state index contributed by atoms with van der Waals surface area (Å²) < 4.78 is 10.5. The van der Waals surface area contributed by atoms with Gasteiger partial charge in [-0.05, 0) is 23.1 Å². The lowest BCUT2D eigenvalue weighted by atomic mass is 9.58. The molecule has 0 spiro atoms. The molecule has 1 aliphatic carbocycles. The Balaban J connectivity index is 2.94. The van der Waals surface area contributed by atoms with Gasteiger partial charge in [-0.3, -0.25) is 0 Å². The smallest absolute Gasteiger partial charge is 0.336 e. The van der Waals surface area contributed by atoms with Crippen molar-refractivity contribution in [3.63, 3.8) is 0 Å². The molecule has 0 atom stereocenters. The van der Waals surface area contributed by atoms with E-state index in [4.69, 9.17) is 9.47 Å². The van der Waals surface area contributed by atoms with Gasteiger partial charge in [-0.25, -0.2) is 9.59 Å². The lowest BCUT2D eigenvalue weighted by Crippen LogP contribution is -2.40. The van der Waals surface area contributed by atoms with Crippen molar-refractivity contribution in [1.82, 2.24) is 0 Å². The van der Waals surface area contributed by atoms with Crippen LogP contribution in [0.5, 0.6) is 11.5 Å². The van der Waals surface area contributed by atoms with Gasteiger partial charge in [0.05, 0.1) is 25.4 Å².